The number of aromatic nitrogens is 2. The van der Waals surface area contributed by atoms with E-state index >= 15 is 0 Å². The molecule has 0 saturated heterocycles. The van der Waals surface area contributed by atoms with Gasteiger partial charge in [-0.2, -0.15) is 0 Å². The molecular weight excluding hydrogens is 362 g/mol. The maximum absolute atomic E-state index is 11.4. The van der Waals surface area contributed by atoms with E-state index in [9.17, 15) is 9.90 Å². The molecule has 2 N–H and O–H groups in total. The van der Waals surface area contributed by atoms with E-state index < -0.39 is 5.97 Å². The third kappa shape index (κ3) is 3.64. The van der Waals surface area contributed by atoms with Gasteiger partial charge in [0.1, 0.15) is 0 Å². The predicted octanol–water partition coefficient (Wildman–Crippen LogP) is 5.18. The predicted molar refractivity (Wildman–Crippen MR) is 107 cm³/mol. The molecule has 0 radical (unpaired) electrons. The van der Waals surface area contributed by atoms with Gasteiger partial charge >= 0.3 is 5.97 Å². The van der Waals surface area contributed by atoms with Gasteiger partial charge in [-0.25, -0.2) is 4.79 Å². The molecule has 0 aliphatic heterocycles. The van der Waals surface area contributed by atoms with E-state index in [2.05, 4.69) is 14.9 Å². The monoisotopic (exact) mass is 377 g/mol. The van der Waals surface area contributed by atoms with Crippen molar-refractivity contribution in [1.29, 1.82) is 0 Å². The zero-order valence-electron chi connectivity index (χ0n) is 14.3. The van der Waals surface area contributed by atoms with Gasteiger partial charge in [0.2, 0.25) is 0 Å². The smallest absolute Gasteiger partial charge is 0.337 e. The number of rotatable bonds is 5. The molecule has 0 aliphatic carbocycles. The molecular formula is C21H16ClN3O2. The Kier molecular flexibility index (Phi) is 4.52. The standard InChI is InChI=1S/C21H16ClN3O2/c22-16-3-5-19(18(11-16)21(26)27)24-17-4-6-20-15(10-17)7-9-25(20)13-14-2-1-8-23-12-14/h1-12,24H,13H2,(H,26,27). The third-order valence-corrected chi connectivity index (χ3v) is 4.57. The molecule has 0 fully saturated rings. The van der Waals surface area contributed by atoms with E-state index in [4.69, 9.17) is 11.6 Å². The molecule has 2 heterocycles. The minimum Gasteiger partial charge on any atom is -0.478 e. The first-order valence-electron chi connectivity index (χ1n) is 8.38. The van der Waals surface area contributed by atoms with E-state index in [1.807, 2.05) is 48.8 Å². The molecule has 5 nitrogen and oxygen atoms in total. The van der Waals surface area contributed by atoms with E-state index in [1.165, 1.54) is 6.07 Å². The Morgan fingerprint density at radius 2 is 2.04 bits per heavy atom. The molecule has 4 aromatic rings. The summed E-state index contributed by atoms with van der Waals surface area (Å²) >= 11 is 5.91. The average Bonchev–Trinajstić information content (AvgIpc) is 3.06. The number of carboxylic acid groups (broad SMARTS) is 1. The maximum Gasteiger partial charge on any atom is 0.337 e. The summed E-state index contributed by atoms with van der Waals surface area (Å²) in [5.74, 6) is -1.02. The third-order valence-electron chi connectivity index (χ3n) is 4.34. The number of anilines is 2. The van der Waals surface area contributed by atoms with E-state index in [1.54, 1.807) is 18.3 Å². The first kappa shape index (κ1) is 17.1. The number of benzene rings is 2. The Bertz CT molecular complexity index is 1120. The van der Waals surface area contributed by atoms with Crippen LogP contribution in [-0.2, 0) is 6.54 Å². The lowest BCUT2D eigenvalue weighted by atomic mass is 10.1. The summed E-state index contributed by atoms with van der Waals surface area (Å²) in [5.41, 5.74) is 3.67. The van der Waals surface area contributed by atoms with Crippen molar-refractivity contribution in [2.45, 2.75) is 6.54 Å². The molecule has 2 aromatic carbocycles. The van der Waals surface area contributed by atoms with Crippen molar-refractivity contribution in [3.05, 3.63) is 89.3 Å². The van der Waals surface area contributed by atoms with Gasteiger partial charge in [-0.05, 0) is 54.1 Å². The molecule has 0 saturated carbocycles. The van der Waals surface area contributed by atoms with Gasteiger partial charge < -0.3 is 15.0 Å². The van der Waals surface area contributed by atoms with Crippen LogP contribution in [0.15, 0.2) is 73.2 Å². The summed E-state index contributed by atoms with van der Waals surface area (Å²) in [5, 5.41) is 14.0. The van der Waals surface area contributed by atoms with Crippen molar-refractivity contribution in [2.75, 3.05) is 5.32 Å². The number of fused-ring (bicyclic) bond motifs is 1. The highest BCUT2D eigenvalue weighted by Crippen LogP contribution is 2.27. The van der Waals surface area contributed by atoms with Gasteiger partial charge in [0, 0.05) is 46.7 Å². The number of pyridine rings is 1. The summed E-state index contributed by atoms with van der Waals surface area (Å²) in [6, 6.07) is 16.7. The maximum atomic E-state index is 11.4. The van der Waals surface area contributed by atoms with Crippen molar-refractivity contribution in [2.24, 2.45) is 0 Å². The first-order chi connectivity index (χ1) is 13.1. The highest BCUT2D eigenvalue weighted by atomic mass is 35.5. The van der Waals surface area contributed by atoms with Gasteiger partial charge in [-0.3, -0.25) is 4.98 Å². The molecule has 0 unspecified atom stereocenters. The van der Waals surface area contributed by atoms with Crippen LogP contribution in [0.4, 0.5) is 11.4 Å². The lowest BCUT2D eigenvalue weighted by Crippen LogP contribution is -2.02. The van der Waals surface area contributed by atoms with E-state index in [0.29, 0.717) is 10.7 Å². The summed E-state index contributed by atoms with van der Waals surface area (Å²) in [6.07, 6.45) is 5.65. The number of hydrogen-bond acceptors (Lipinski definition) is 3. The van der Waals surface area contributed by atoms with Crippen molar-refractivity contribution in [3.63, 3.8) is 0 Å². The van der Waals surface area contributed by atoms with Crippen LogP contribution in [0.25, 0.3) is 10.9 Å². The zero-order valence-corrected chi connectivity index (χ0v) is 15.0. The Hall–Kier alpha value is -3.31. The molecule has 27 heavy (non-hydrogen) atoms. The number of nitrogens with one attached hydrogen (secondary N) is 1. The molecule has 0 aliphatic rings. The highest BCUT2D eigenvalue weighted by molar-refractivity contribution is 6.31. The summed E-state index contributed by atoms with van der Waals surface area (Å²) in [7, 11) is 0. The van der Waals surface area contributed by atoms with Gasteiger partial charge in [0.25, 0.3) is 0 Å². The van der Waals surface area contributed by atoms with Crippen LogP contribution in [-0.4, -0.2) is 20.6 Å². The van der Waals surface area contributed by atoms with E-state index in [0.717, 1.165) is 28.7 Å². The SMILES string of the molecule is O=C(O)c1cc(Cl)ccc1Nc1ccc2c(ccn2Cc2cccnc2)c1. The highest BCUT2D eigenvalue weighted by Gasteiger charge is 2.11. The number of hydrogen-bond donors (Lipinski definition) is 2. The van der Waals surface area contributed by atoms with Crippen molar-refractivity contribution in [1.82, 2.24) is 9.55 Å². The Morgan fingerprint density at radius 1 is 1.15 bits per heavy atom. The fourth-order valence-electron chi connectivity index (χ4n) is 3.06. The van der Waals surface area contributed by atoms with Crippen LogP contribution in [0, 0.1) is 0 Å². The fraction of sp³-hybridized carbons (Fsp3) is 0.0476. The molecule has 0 amide bonds. The van der Waals surface area contributed by atoms with Crippen LogP contribution in [0.3, 0.4) is 0 Å². The summed E-state index contributed by atoms with van der Waals surface area (Å²) in [4.78, 5) is 15.6. The molecule has 2 aromatic heterocycles. The van der Waals surface area contributed by atoms with Gasteiger partial charge in [-0.1, -0.05) is 17.7 Å². The van der Waals surface area contributed by atoms with Crippen molar-refractivity contribution >= 4 is 39.8 Å². The molecule has 134 valence electrons. The largest absolute Gasteiger partial charge is 0.478 e. The minimum absolute atomic E-state index is 0.136. The zero-order chi connectivity index (χ0) is 18.8. The second kappa shape index (κ2) is 7.13. The normalized spacial score (nSPS) is 10.9. The first-order valence-corrected chi connectivity index (χ1v) is 8.75. The van der Waals surface area contributed by atoms with Crippen molar-refractivity contribution < 1.29 is 9.90 Å². The van der Waals surface area contributed by atoms with Crippen LogP contribution in [0.5, 0.6) is 0 Å². The van der Waals surface area contributed by atoms with Gasteiger partial charge in [-0.15, -0.1) is 0 Å². The second-order valence-electron chi connectivity index (χ2n) is 6.20. The average molecular weight is 378 g/mol. The van der Waals surface area contributed by atoms with Crippen LogP contribution < -0.4 is 5.32 Å². The number of carbonyl (C=O) groups is 1. The number of carboxylic acids is 1. The molecule has 4 rings (SSSR count). The minimum atomic E-state index is -1.02. The molecule has 0 spiro atoms. The van der Waals surface area contributed by atoms with E-state index in [-0.39, 0.29) is 5.56 Å². The Morgan fingerprint density at radius 3 is 2.81 bits per heavy atom. The number of aromatic carboxylic acids is 1. The van der Waals surface area contributed by atoms with Crippen molar-refractivity contribution in [3.8, 4) is 0 Å². The van der Waals surface area contributed by atoms with Crippen LogP contribution in [0.1, 0.15) is 15.9 Å². The number of nitrogens with zero attached hydrogens (tertiary/aromatic N) is 2. The Labute approximate surface area is 160 Å². The summed E-state index contributed by atoms with van der Waals surface area (Å²) < 4.78 is 2.15. The number of halogens is 1. The molecule has 0 atom stereocenters. The van der Waals surface area contributed by atoms with Crippen LogP contribution >= 0.6 is 11.6 Å². The van der Waals surface area contributed by atoms with Crippen LogP contribution in [0.2, 0.25) is 5.02 Å². The molecule has 0 bridgehead atoms. The quantitative estimate of drug-likeness (QED) is 0.503. The summed E-state index contributed by atoms with van der Waals surface area (Å²) in [6.45, 7) is 0.741. The fourth-order valence-corrected chi connectivity index (χ4v) is 3.23. The van der Waals surface area contributed by atoms with Gasteiger partial charge in [0.05, 0.1) is 11.3 Å². The second-order valence-corrected chi connectivity index (χ2v) is 6.64. The topological polar surface area (TPSA) is 67.2 Å². The lowest BCUT2D eigenvalue weighted by Gasteiger charge is -2.11. The molecule has 6 heteroatoms. The lowest BCUT2D eigenvalue weighted by molar-refractivity contribution is 0.0698. The Balaban J connectivity index is 1.63. The van der Waals surface area contributed by atoms with Gasteiger partial charge in [0.15, 0.2) is 0 Å².